The van der Waals surface area contributed by atoms with E-state index in [1.165, 1.54) is 12.1 Å². The highest BCUT2D eigenvalue weighted by Crippen LogP contribution is 2.10. The zero-order valence-corrected chi connectivity index (χ0v) is 12.5. The van der Waals surface area contributed by atoms with E-state index in [4.69, 9.17) is 0 Å². The van der Waals surface area contributed by atoms with E-state index in [9.17, 15) is 13.4 Å². The van der Waals surface area contributed by atoms with Crippen LogP contribution in [0.4, 0.5) is 10.1 Å². The van der Waals surface area contributed by atoms with E-state index in [1.54, 1.807) is 24.3 Å². The molecule has 5 heteroatoms. The second-order valence-corrected chi connectivity index (χ2v) is 6.23. The average molecular weight is 305 g/mol. The Bertz CT molecular complexity index is 656. The molecule has 0 saturated carbocycles. The van der Waals surface area contributed by atoms with Crippen LogP contribution in [-0.4, -0.2) is 15.9 Å². The minimum atomic E-state index is -1.37. The SMILES string of the molecule is Cc1ccc(NC(=O)CS(=O)Cc2cccc(F)c2)cc1. The number of hydrogen-bond acceptors (Lipinski definition) is 2. The van der Waals surface area contributed by atoms with Gasteiger partial charge in [0.2, 0.25) is 5.91 Å². The van der Waals surface area contributed by atoms with E-state index < -0.39 is 10.8 Å². The number of carbonyl (C=O) groups is 1. The van der Waals surface area contributed by atoms with Gasteiger partial charge in [-0.2, -0.15) is 0 Å². The van der Waals surface area contributed by atoms with Crippen molar-refractivity contribution in [3.05, 3.63) is 65.5 Å². The monoisotopic (exact) mass is 305 g/mol. The average Bonchev–Trinajstić information content (AvgIpc) is 2.41. The summed E-state index contributed by atoms with van der Waals surface area (Å²) in [5.74, 6) is -0.620. The fraction of sp³-hybridized carbons (Fsp3) is 0.188. The summed E-state index contributed by atoms with van der Waals surface area (Å²) < 4.78 is 24.9. The van der Waals surface area contributed by atoms with Gasteiger partial charge in [0.1, 0.15) is 11.6 Å². The molecule has 2 aromatic rings. The number of aryl methyl sites for hydroxylation is 1. The molecule has 0 aliphatic rings. The van der Waals surface area contributed by atoms with E-state index in [0.717, 1.165) is 5.56 Å². The molecule has 0 bridgehead atoms. The Hall–Kier alpha value is -2.01. The van der Waals surface area contributed by atoms with Crippen LogP contribution in [-0.2, 0) is 21.3 Å². The molecule has 1 unspecified atom stereocenters. The lowest BCUT2D eigenvalue weighted by molar-refractivity contribution is -0.113. The van der Waals surface area contributed by atoms with Crippen molar-refractivity contribution in [2.45, 2.75) is 12.7 Å². The molecule has 0 heterocycles. The number of rotatable bonds is 5. The standard InChI is InChI=1S/C16H16FNO2S/c1-12-5-7-15(8-6-12)18-16(19)11-21(20)10-13-3-2-4-14(17)9-13/h2-9H,10-11H2,1H3,(H,18,19). The maximum absolute atomic E-state index is 13.0. The molecular weight excluding hydrogens is 289 g/mol. The van der Waals surface area contributed by atoms with E-state index in [0.29, 0.717) is 11.3 Å². The summed E-state index contributed by atoms with van der Waals surface area (Å²) in [6.45, 7) is 1.96. The highest BCUT2D eigenvalue weighted by molar-refractivity contribution is 7.84. The van der Waals surface area contributed by atoms with Gasteiger partial charge >= 0.3 is 0 Å². The summed E-state index contributed by atoms with van der Waals surface area (Å²) in [6, 6.07) is 13.3. The molecule has 3 nitrogen and oxygen atoms in total. The van der Waals surface area contributed by atoms with Gasteiger partial charge < -0.3 is 5.32 Å². The van der Waals surface area contributed by atoms with Gasteiger partial charge in [0.15, 0.2) is 0 Å². The first-order chi connectivity index (χ1) is 10.0. The van der Waals surface area contributed by atoms with Crippen LogP contribution in [0.2, 0.25) is 0 Å². The lowest BCUT2D eigenvalue weighted by Crippen LogP contribution is -2.20. The second kappa shape index (κ2) is 7.13. The molecule has 0 spiro atoms. The van der Waals surface area contributed by atoms with Crippen LogP contribution in [0.1, 0.15) is 11.1 Å². The number of carbonyl (C=O) groups excluding carboxylic acids is 1. The number of anilines is 1. The molecule has 0 aliphatic carbocycles. The smallest absolute Gasteiger partial charge is 0.237 e. The van der Waals surface area contributed by atoms with Gasteiger partial charge in [-0.1, -0.05) is 29.8 Å². The Labute approximate surface area is 125 Å². The molecule has 1 N–H and O–H groups in total. The fourth-order valence-corrected chi connectivity index (χ4v) is 2.86. The molecule has 21 heavy (non-hydrogen) atoms. The second-order valence-electron chi connectivity index (χ2n) is 4.77. The van der Waals surface area contributed by atoms with Crippen molar-refractivity contribution in [2.75, 3.05) is 11.1 Å². The maximum atomic E-state index is 13.0. The first kappa shape index (κ1) is 15.4. The summed E-state index contributed by atoms with van der Waals surface area (Å²) in [6.07, 6.45) is 0. The van der Waals surface area contributed by atoms with Gasteiger partial charge in [-0.3, -0.25) is 9.00 Å². The Kier molecular flexibility index (Phi) is 5.22. The number of nitrogens with one attached hydrogen (secondary N) is 1. The number of hydrogen-bond donors (Lipinski definition) is 1. The van der Waals surface area contributed by atoms with Gasteiger partial charge in [-0.05, 0) is 36.8 Å². The molecule has 2 rings (SSSR count). The van der Waals surface area contributed by atoms with Crippen molar-refractivity contribution in [1.82, 2.24) is 0 Å². The van der Waals surface area contributed by atoms with Crippen LogP contribution in [0.25, 0.3) is 0 Å². The predicted octanol–water partition coefficient (Wildman–Crippen LogP) is 3.02. The number of halogens is 1. The van der Waals surface area contributed by atoms with Crippen molar-refractivity contribution in [2.24, 2.45) is 0 Å². The predicted molar refractivity (Wildman–Crippen MR) is 82.9 cm³/mol. The highest BCUT2D eigenvalue weighted by Gasteiger charge is 2.09. The van der Waals surface area contributed by atoms with Crippen LogP contribution in [0, 0.1) is 12.7 Å². The van der Waals surface area contributed by atoms with E-state index in [1.807, 2.05) is 19.1 Å². The molecule has 0 radical (unpaired) electrons. The first-order valence-corrected chi connectivity index (χ1v) is 7.97. The zero-order chi connectivity index (χ0) is 15.2. The Morgan fingerprint density at radius 3 is 2.57 bits per heavy atom. The van der Waals surface area contributed by atoms with E-state index in [2.05, 4.69) is 5.32 Å². The van der Waals surface area contributed by atoms with Crippen LogP contribution < -0.4 is 5.32 Å². The quantitative estimate of drug-likeness (QED) is 0.923. The van der Waals surface area contributed by atoms with Gasteiger partial charge in [0.05, 0.1) is 0 Å². The lowest BCUT2D eigenvalue weighted by Gasteiger charge is -2.06. The topological polar surface area (TPSA) is 46.2 Å². The minimum absolute atomic E-state index is 0.107. The van der Waals surface area contributed by atoms with Gasteiger partial charge in [-0.25, -0.2) is 4.39 Å². The maximum Gasteiger partial charge on any atom is 0.237 e. The molecule has 2 aromatic carbocycles. The molecule has 1 amide bonds. The number of amides is 1. The van der Waals surface area contributed by atoms with Crippen molar-refractivity contribution < 1.29 is 13.4 Å². The molecular formula is C16H16FNO2S. The van der Waals surface area contributed by atoms with Crippen molar-refractivity contribution in [3.63, 3.8) is 0 Å². The molecule has 0 fully saturated rings. The third kappa shape index (κ3) is 5.11. The van der Waals surface area contributed by atoms with E-state index in [-0.39, 0.29) is 23.2 Å². The van der Waals surface area contributed by atoms with Gasteiger partial charge in [-0.15, -0.1) is 0 Å². The van der Waals surface area contributed by atoms with Crippen molar-refractivity contribution in [3.8, 4) is 0 Å². The minimum Gasteiger partial charge on any atom is -0.325 e. The molecule has 1 atom stereocenters. The van der Waals surface area contributed by atoms with Gasteiger partial charge in [0, 0.05) is 22.2 Å². The largest absolute Gasteiger partial charge is 0.325 e. The van der Waals surface area contributed by atoms with Gasteiger partial charge in [0.25, 0.3) is 0 Å². The Balaban J connectivity index is 1.87. The zero-order valence-electron chi connectivity index (χ0n) is 11.6. The third-order valence-electron chi connectivity index (χ3n) is 2.84. The van der Waals surface area contributed by atoms with Crippen LogP contribution in [0.15, 0.2) is 48.5 Å². The molecule has 0 aliphatic heterocycles. The number of benzene rings is 2. The first-order valence-electron chi connectivity index (χ1n) is 6.49. The molecule has 110 valence electrons. The molecule has 0 saturated heterocycles. The van der Waals surface area contributed by atoms with Crippen molar-refractivity contribution in [1.29, 1.82) is 0 Å². The fourth-order valence-electron chi connectivity index (χ4n) is 1.84. The van der Waals surface area contributed by atoms with Crippen LogP contribution in [0.3, 0.4) is 0 Å². The summed E-state index contributed by atoms with van der Waals surface area (Å²) in [7, 11) is -1.37. The molecule has 0 aromatic heterocycles. The summed E-state index contributed by atoms with van der Waals surface area (Å²) in [4.78, 5) is 11.8. The third-order valence-corrected chi connectivity index (χ3v) is 4.08. The summed E-state index contributed by atoms with van der Waals surface area (Å²) in [5, 5.41) is 2.69. The summed E-state index contributed by atoms with van der Waals surface area (Å²) >= 11 is 0. The summed E-state index contributed by atoms with van der Waals surface area (Å²) in [5.41, 5.74) is 2.40. The Morgan fingerprint density at radius 1 is 1.19 bits per heavy atom. The van der Waals surface area contributed by atoms with Crippen LogP contribution in [0.5, 0.6) is 0 Å². The van der Waals surface area contributed by atoms with Crippen molar-refractivity contribution >= 4 is 22.4 Å². The van der Waals surface area contributed by atoms with E-state index >= 15 is 0 Å². The lowest BCUT2D eigenvalue weighted by atomic mass is 10.2. The van der Waals surface area contributed by atoms with Crippen LogP contribution >= 0.6 is 0 Å². The Morgan fingerprint density at radius 2 is 1.90 bits per heavy atom. The highest BCUT2D eigenvalue weighted by atomic mass is 32.2. The normalized spacial score (nSPS) is 11.9.